The molecule has 0 spiro atoms. The number of carbonyl (C=O) groups excluding carboxylic acids is 1. The number of Topliss-reactive ketones (excluding diaryl/α,β-unsaturated/α-hetero) is 1. The van der Waals surface area contributed by atoms with E-state index in [2.05, 4.69) is 0 Å². The van der Waals surface area contributed by atoms with Crippen molar-refractivity contribution in [3.8, 4) is 0 Å². The van der Waals surface area contributed by atoms with Crippen molar-refractivity contribution < 1.29 is 18.4 Å². The second-order valence-electron chi connectivity index (χ2n) is 4.93. The lowest BCUT2D eigenvalue weighted by Crippen LogP contribution is -2.18. The van der Waals surface area contributed by atoms with Crippen molar-refractivity contribution >= 4 is 18.7 Å². The monoisotopic (exact) mass is 332 g/mol. The molecule has 4 nitrogen and oxygen atoms in total. The zero-order valence-electron chi connectivity index (χ0n) is 13.4. The highest BCUT2D eigenvalue weighted by Gasteiger charge is 2.29. The lowest BCUT2D eigenvalue weighted by Gasteiger charge is -2.19. The average molecular weight is 332 g/mol. The quantitative estimate of drug-likeness (QED) is 0.541. The van der Waals surface area contributed by atoms with Crippen molar-refractivity contribution in [3.63, 3.8) is 0 Å². The van der Waals surface area contributed by atoms with Crippen LogP contribution in [0.4, 0.5) is 0 Å². The summed E-state index contributed by atoms with van der Waals surface area (Å²) in [5.41, 5.74) is 1.30. The Balaban J connectivity index is 2.33. The van der Waals surface area contributed by atoms with Gasteiger partial charge >= 0.3 is 7.60 Å². The number of hydrogen-bond acceptors (Lipinski definition) is 4. The van der Waals surface area contributed by atoms with Crippen LogP contribution in [-0.2, 0) is 20.0 Å². The number of benzene rings is 2. The first-order chi connectivity index (χ1) is 11.1. The van der Waals surface area contributed by atoms with Gasteiger partial charge in [-0.1, -0.05) is 48.5 Å². The van der Waals surface area contributed by atoms with E-state index >= 15 is 0 Å². The summed E-state index contributed by atoms with van der Waals surface area (Å²) in [6, 6.07) is 16.2. The van der Waals surface area contributed by atoms with E-state index in [4.69, 9.17) is 9.05 Å². The second kappa shape index (κ2) is 8.21. The van der Waals surface area contributed by atoms with Crippen LogP contribution in [-0.4, -0.2) is 19.0 Å². The van der Waals surface area contributed by atoms with E-state index in [0.29, 0.717) is 16.4 Å². The summed E-state index contributed by atoms with van der Waals surface area (Å²) in [6.45, 7) is 4.09. The van der Waals surface area contributed by atoms with Gasteiger partial charge in [0.15, 0.2) is 5.78 Å². The van der Waals surface area contributed by atoms with Crippen LogP contribution < -0.4 is 5.30 Å². The van der Waals surface area contributed by atoms with E-state index in [-0.39, 0.29) is 25.4 Å². The van der Waals surface area contributed by atoms with Crippen molar-refractivity contribution in [1.29, 1.82) is 0 Å². The normalized spacial score (nSPS) is 11.4. The van der Waals surface area contributed by atoms with E-state index in [1.165, 1.54) is 0 Å². The highest BCUT2D eigenvalue weighted by Crippen LogP contribution is 2.47. The Hall–Kier alpha value is -1.74. The number of hydrogen-bond donors (Lipinski definition) is 0. The van der Waals surface area contributed by atoms with E-state index in [1.807, 2.05) is 24.3 Å². The van der Waals surface area contributed by atoms with Gasteiger partial charge in [-0.25, -0.2) is 0 Å². The first-order valence-corrected chi connectivity index (χ1v) is 9.20. The standard InChI is InChI=1S/C18H21O4P/c1-3-21-23(20,22-4-2)18-13-9-8-12-16(18)14-17(19)15-10-6-5-7-11-15/h5-13H,3-4,14H2,1-2H3. The van der Waals surface area contributed by atoms with Gasteiger partial charge in [-0.2, -0.15) is 0 Å². The maximum Gasteiger partial charge on any atom is 0.361 e. The molecule has 2 aromatic rings. The van der Waals surface area contributed by atoms with Crippen LogP contribution >= 0.6 is 7.60 Å². The Morgan fingerprint density at radius 2 is 1.48 bits per heavy atom. The summed E-state index contributed by atoms with van der Waals surface area (Å²) >= 11 is 0. The van der Waals surface area contributed by atoms with Gasteiger partial charge < -0.3 is 9.05 Å². The fraction of sp³-hybridized carbons (Fsp3) is 0.278. The van der Waals surface area contributed by atoms with Crippen molar-refractivity contribution in [2.24, 2.45) is 0 Å². The lowest BCUT2D eigenvalue weighted by molar-refractivity contribution is 0.0993. The predicted octanol–water partition coefficient (Wildman–Crippen LogP) is 4.00. The molecule has 0 fully saturated rings. The van der Waals surface area contributed by atoms with E-state index in [1.54, 1.807) is 44.2 Å². The zero-order valence-corrected chi connectivity index (χ0v) is 14.3. The van der Waals surface area contributed by atoms with Gasteiger partial charge in [-0.05, 0) is 25.5 Å². The van der Waals surface area contributed by atoms with Gasteiger partial charge in [-0.3, -0.25) is 9.36 Å². The molecule has 0 heterocycles. The minimum atomic E-state index is -3.41. The van der Waals surface area contributed by atoms with Crippen LogP contribution in [0.5, 0.6) is 0 Å². The van der Waals surface area contributed by atoms with Gasteiger partial charge in [0.25, 0.3) is 0 Å². The SMILES string of the molecule is CCOP(=O)(OCC)c1ccccc1CC(=O)c1ccccc1. The smallest absolute Gasteiger partial charge is 0.305 e. The molecule has 0 saturated heterocycles. The third-order valence-electron chi connectivity index (χ3n) is 3.33. The average Bonchev–Trinajstić information content (AvgIpc) is 2.56. The van der Waals surface area contributed by atoms with E-state index in [0.717, 1.165) is 0 Å². The third-order valence-corrected chi connectivity index (χ3v) is 5.55. The molecule has 0 saturated carbocycles. The molecule has 0 aromatic heterocycles. The molecular formula is C18H21O4P. The summed E-state index contributed by atoms with van der Waals surface area (Å²) in [4.78, 5) is 12.4. The molecule has 2 rings (SSSR count). The summed E-state index contributed by atoms with van der Waals surface area (Å²) < 4.78 is 23.8. The van der Waals surface area contributed by atoms with Gasteiger partial charge in [0.1, 0.15) is 0 Å². The molecule has 2 aromatic carbocycles. The second-order valence-corrected chi connectivity index (χ2v) is 6.92. The Kier molecular flexibility index (Phi) is 6.28. The highest BCUT2D eigenvalue weighted by molar-refractivity contribution is 7.62. The van der Waals surface area contributed by atoms with Gasteiger partial charge in [0, 0.05) is 12.0 Å². The molecule has 5 heteroatoms. The van der Waals surface area contributed by atoms with Crippen LogP contribution in [0.3, 0.4) is 0 Å². The molecule has 0 unspecified atom stereocenters. The molecule has 0 aliphatic carbocycles. The van der Waals surface area contributed by atoms with Gasteiger partial charge in [-0.15, -0.1) is 0 Å². The maximum absolute atomic E-state index is 13.0. The fourth-order valence-electron chi connectivity index (χ4n) is 2.34. The zero-order chi connectivity index (χ0) is 16.7. The number of ketones is 1. The van der Waals surface area contributed by atoms with Crippen molar-refractivity contribution in [1.82, 2.24) is 0 Å². The Morgan fingerprint density at radius 1 is 0.913 bits per heavy atom. The maximum atomic E-state index is 13.0. The number of carbonyl (C=O) groups is 1. The van der Waals surface area contributed by atoms with Crippen molar-refractivity contribution in [2.75, 3.05) is 13.2 Å². The molecule has 0 amide bonds. The van der Waals surface area contributed by atoms with Gasteiger partial charge in [0.05, 0.1) is 18.5 Å². The van der Waals surface area contributed by atoms with Crippen LogP contribution in [0, 0.1) is 0 Å². The molecular weight excluding hydrogens is 311 g/mol. The predicted molar refractivity (Wildman–Crippen MR) is 91.4 cm³/mol. The molecule has 0 atom stereocenters. The third kappa shape index (κ3) is 4.38. The summed E-state index contributed by atoms with van der Waals surface area (Å²) in [6.07, 6.45) is 0.157. The fourth-order valence-corrected chi connectivity index (χ4v) is 4.15. The first kappa shape index (κ1) is 17.6. The van der Waals surface area contributed by atoms with Crippen LogP contribution in [0.15, 0.2) is 54.6 Å². The summed E-state index contributed by atoms with van der Waals surface area (Å²) in [5, 5.41) is 0.466. The van der Waals surface area contributed by atoms with E-state index in [9.17, 15) is 9.36 Å². The molecule has 122 valence electrons. The first-order valence-electron chi connectivity index (χ1n) is 7.66. The summed E-state index contributed by atoms with van der Waals surface area (Å²) in [5.74, 6) is -0.0300. The van der Waals surface area contributed by atoms with Crippen LogP contribution in [0.1, 0.15) is 29.8 Å². The number of rotatable bonds is 8. The Morgan fingerprint density at radius 3 is 2.09 bits per heavy atom. The van der Waals surface area contributed by atoms with Crippen LogP contribution in [0.2, 0.25) is 0 Å². The molecule has 0 aliphatic heterocycles. The minimum absolute atomic E-state index is 0.0300. The van der Waals surface area contributed by atoms with Gasteiger partial charge in [0.2, 0.25) is 0 Å². The Labute approximate surface area is 137 Å². The lowest BCUT2D eigenvalue weighted by atomic mass is 10.0. The minimum Gasteiger partial charge on any atom is -0.305 e. The highest BCUT2D eigenvalue weighted by atomic mass is 31.2. The molecule has 0 radical (unpaired) electrons. The topological polar surface area (TPSA) is 52.6 Å². The van der Waals surface area contributed by atoms with Crippen molar-refractivity contribution in [2.45, 2.75) is 20.3 Å². The largest absolute Gasteiger partial charge is 0.361 e. The van der Waals surface area contributed by atoms with Crippen LogP contribution in [0.25, 0.3) is 0 Å². The molecule has 0 N–H and O–H groups in total. The molecule has 23 heavy (non-hydrogen) atoms. The summed E-state index contributed by atoms with van der Waals surface area (Å²) in [7, 11) is -3.41. The molecule has 0 aliphatic rings. The molecule has 0 bridgehead atoms. The van der Waals surface area contributed by atoms with Crippen molar-refractivity contribution in [3.05, 3.63) is 65.7 Å². The Bertz CT molecular complexity index is 687. The van der Waals surface area contributed by atoms with E-state index < -0.39 is 7.60 Å².